The van der Waals surface area contributed by atoms with Gasteiger partial charge in [-0.15, -0.1) is 0 Å². The Morgan fingerprint density at radius 2 is 2.09 bits per heavy atom. The maximum Gasteiger partial charge on any atom is 0.488 e. The Balaban J connectivity index is 1.40. The number of benzene rings is 1. The number of aromatic amines is 1. The number of H-pyrrole nitrogens is 1. The van der Waals surface area contributed by atoms with E-state index in [2.05, 4.69) is 31.2 Å². The van der Waals surface area contributed by atoms with Crippen molar-refractivity contribution < 1.29 is 23.8 Å². The van der Waals surface area contributed by atoms with Gasteiger partial charge in [0, 0.05) is 6.20 Å². The van der Waals surface area contributed by atoms with Crippen LogP contribution in [0.4, 0.5) is 11.5 Å². The van der Waals surface area contributed by atoms with Crippen molar-refractivity contribution in [1.29, 1.82) is 0 Å². The Hall–Kier alpha value is -1.99. The molecule has 11 nitrogen and oxygen atoms in total. The van der Waals surface area contributed by atoms with E-state index in [1.165, 1.54) is 4.40 Å². The van der Waals surface area contributed by atoms with Crippen LogP contribution in [0.2, 0.25) is 0 Å². The largest absolute Gasteiger partial charge is 0.488 e. The Bertz CT molecular complexity index is 1260. The van der Waals surface area contributed by atoms with Crippen molar-refractivity contribution in [3.63, 3.8) is 0 Å². The van der Waals surface area contributed by atoms with Crippen molar-refractivity contribution in [2.75, 3.05) is 16.8 Å². The molecule has 6 rings (SSSR count). The molecule has 2 aromatic heterocycles. The molecule has 3 aromatic rings. The van der Waals surface area contributed by atoms with E-state index in [0.29, 0.717) is 11.6 Å². The van der Waals surface area contributed by atoms with Gasteiger partial charge in [0.25, 0.3) is 5.56 Å². The van der Waals surface area contributed by atoms with E-state index < -0.39 is 37.4 Å². The SMILES string of the molecule is [B][P+]1(O)OCC2OC(N3c4nc5[nH]c(-c6ccccc6)cn5c(=O)c4NC3Br)C(O)[C@@H]2O1. The average molecular weight is 521 g/mol. The second kappa shape index (κ2) is 7.26. The minimum absolute atomic E-state index is 0.0216. The maximum absolute atomic E-state index is 13.2. The lowest BCUT2D eigenvalue weighted by molar-refractivity contribution is -0.0442. The van der Waals surface area contributed by atoms with Gasteiger partial charge in [0.2, 0.25) is 5.78 Å². The fourth-order valence-corrected chi connectivity index (χ4v) is 5.92. The molecule has 32 heavy (non-hydrogen) atoms. The van der Waals surface area contributed by atoms with Gasteiger partial charge < -0.3 is 20.1 Å². The highest BCUT2D eigenvalue weighted by atomic mass is 79.9. The van der Waals surface area contributed by atoms with E-state index in [4.69, 9.17) is 21.4 Å². The molecule has 6 atom stereocenters. The van der Waals surface area contributed by atoms with Crippen molar-refractivity contribution in [2.24, 2.45) is 0 Å². The zero-order valence-electron chi connectivity index (χ0n) is 16.3. The van der Waals surface area contributed by atoms with E-state index in [1.54, 1.807) is 11.1 Å². The first-order valence-electron chi connectivity index (χ1n) is 9.79. The van der Waals surface area contributed by atoms with Gasteiger partial charge in [-0.1, -0.05) is 30.3 Å². The number of hydrogen-bond acceptors (Lipinski definition) is 9. The lowest BCUT2D eigenvalue weighted by Gasteiger charge is -2.30. The lowest BCUT2D eigenvalue weighted by Crippen LogP contribution is -2.48. The second-order valence-corrected chi connectivity index (χ2v) is 10.2. The molecule has 4 N–H and O–H groups in total. The number of aliphatic hydroxyl groups is 1. The second-order valence-electron chi connectivity index (χ2n) is 7.72. The van der Waals surface area contributed by atoms with Gasteiger partial charge in [0.15, 0.2) is 23.2 Å². The normalized spacial score (nSPS) is 33.8. The third-order valence-electron chi connectivity index (χ3n) is 5.72. The first-order valence-corrected chi connectivity index (χ1v) is 12.4. The molecule has 0 bridgehead atoms. The van der Waals surface area contributed by atoms with E-state index in [0.717, 1.165) is 11.3 Å². The number of ether oxygens (including phenoxy) is 1. The number of hydrogen-bond donors (Lipinski definition) is 4. The molecule has 3 aliphatic heterocycles. The van der Waals surface area contributed by atoms with Crippen LogP contribution in [0, 0.1) is 0 Å². The van der Waals surface area contributed by atoms with Crippen LogP contribution in [0.5, 0.6) is 0 Å². The summed E-state index contributed by atoms with van der Waals surface area (Å²) in [6.07, 6.45) is -1.91. The van der Waals surface area contributed by atoms with Gasteiger partial charge in [-0.2, -0.15) is 14.0 Å². The fraction of sp³-hybridized carbons (Fsp3) is 0.333. The smallest absolute Gasteiger partial charge is 0.385 e. The highest BCUT2D eigenvalue weighted by Crippen LogP contribution is 2.58. The van der Waals surface area contributed by atoms with Gasteiger partial charge in [-0.05, 0) is 21.5 Å². The lowest BCUT2D eigenvalue weighted by atomic mass is 10.1. The third-order valence-corrected chi connectivity index (χ3v) is 7.45. The predicted molar refractivity (Wildman–Crippen MR) is 120 cm³/mol. The topological polar surface area (TPSA) is 134 Å². The van der Waals surface area contributed by atoms with Crippen LogP contribution in [-0.4, -0.2) is 68.2 Å². The number of nitrogens with zero attached hydrogens (tertiary/aromatic N) is 3. The van der Waals surface area contributed by atoms with Crippen molar-refractivity contribution in [3.8, 4) is 11.3 Å². The van der Waals surface area contributed by atoms with Crippen LogP contribution < -0.4 is 15.8 Å². The summed E-state index contributed by atoms with van der Waals surface area (Å²) < 4.78 is 17.9. The van der Waals surface area contributed by atoms with Crippen LogP contribution in [0.3, 0.4) is 0 Å². The van der Waals surface area contributed by atoms with E-state index in [9.17, 15) is 14.8 Å². The number of rotatable bonds is 2. The summed E-state index contributed by atoms with van der Waals surface area (Å²) in [5, 5.41) is 13.4. The quantitative estimate of drug-likeness (QED) is 0.168. The molecule has 2 saturated heterocycles. The first kappa shape index (κ1) is 20.6. The summed E-state index contributed by atoms with van der Waals surface area (Å²) >= 11 is 3.48. The molecule has 164 valence electrons. The highest BCUT2D eigenvalue weighted by Gasteiger charge is 2.59. The molecular formula is C18H17BBrN5O6P+. The van der Waals surface area contributed by atoms with Crippen LogP contribution in [0.15, 0.2) is 41.3 Å². The predicted octanol–water partition coefficient (Wildman–Crippen LogP) is 0.940. The summed E-state index contributed by atoms with van der Waals surface area (Å²) in [6, 6.07) is 9.58. The van der Waals surface area contributed by atoms with Crippen molar-refractivity contribution in [1.82, 2.24) is 14.4 Å². The summed E-state index contributed by atoms with van der Waals surface area (Å²) in [7, 11) is 2.08. The number of alkyl halides is 1. The van der Waals surface area contributed by atoms with Gasteiger partial charge in [-0.3, -0.25) is 9.69 Å². The number of fused-ring (bicyclic) bond motifs is 3. The van der Waals surface area contributed by atoms with E-state index >= 15 is 0 Å². The van der Waals surface area contributed by atoms with Crippen LogP contribution >= 0.6 is 23.8 Å². The van der Waals surface area contributed by atoms with Crippen molar-refractivity contribution in [2.45, 2.75) is 29.6 Å². The number of anilines is 2. The standard InChI is InChI=1S/C18H17BBrN5O6P/c19-32(28)29-7-10-13(31-32)12(26)16(30-10)25-14-11(22-17(25)20)15(27)24-6-9(21-18(24)23-14)8-4-2-1-3-5-8/h1-6,10,12-13,16-17,22,26,28H,7H2,(H,21,23)/q+1/t10?,12?,13-,16?,17?,32?/m1/s1. The minimum atomic E-state index is -3.51. The van der Waals surface area contributed by atoms with Gasteiger partial charge >= 0.3 is 15.4 Å². The molecule has 3 aliphatic rings. The molecule has 14 heteroatoms. The number of halogens is 1. The Morgan fingerprint density at radius 3 is 2.88 bits per heavy atom. The zero-order chi connectivity index (χ0) is 22.2. The molecular weight excluding hydrogens is 504 g/mol. The number of imidazole rings is 1. The molecule has 0 saturated carbocycles. The molecule has 5 heterocycles. The summed E-state index contributed by atoms with van der Waals surface area (Å²) in [6.45, 7) is -0.0216. The Kier molecular flexibility index (Phi) is 4.67. The summed E-state index contributed by atoms with van der Waals surface area (Å²) in [4.78, 5) is 32.5. The van der Waals surface area contributed by atoms with E-state index in [1.807, 2.05) is 30.3 Å². The number of aromatic nitrogens is 3. The Morgan fingerprint density at radius 1 is 1.31 bits per heavy atom. The fourth-order valence-electron chi connectivity index (χ4n) is 4.23. The first-order chi connectivity index (χ1) is 15.3. The summed E-state index contributed by atoms with van der Waals surface area (Å²) in [5.41, 5.74) is 1.60. The highest BCUT2D eigenvalue weighted by molar-refractivity contribution is 9.09. The number of aliphatic hydroxyl groups excluding tert-OH is 1. The van der Waals surface area contributed by atoms with Crippen molar-refractivity contribution >= 4 is 48.6 Å². The maximum atomic E-state index is 13.2. The molecule has 5 unspecified atom stereocenters. The molecule has 2 fully saturated rings. The number of nitrogens with one attached hydrogen (secondary N) is 2. The van der Waals surface area contributed by atoms with Crippen LogP contribution in [0.25, 0.3) is 17.0 Å². The van der Waals surface area contributed by atoms with Crippen LogP contribution in [0.1, 0.15) is 0 Å². The molecule has 0 aliphatic carbocycles. The van der Waals surface area contributed by atoms with Crippen molar-refractivity contribution in [3.05, 3.63) is 46.9 Å². The molecule has 1 aromatic carbocycles. The van der Waals surface area contributed by atoms with Gasteiger partial charge in [0.1, 0.15) is 24.5 Å². The van der Waals surface area contributed by atoms with Gasteiger partial charge in [0.05, 0.1) is 5.69 Å². The molecule has 0 spiro atoms. The monoisotopic (exact) mass is 520 g/mol. The average Bonchev–Trinajstić information content (AvgIpc) is 3.43. The summed E-state index contributed by atoms with van der Waals surface area (Å²) in [5.74, 6) is 0.646. The van der Waals surface area contributed by atoms with Gasteiger partial charge in [-0.25, -0.2) is 9.29 Å². The molecule has 0 amide bonds. The zero-order valence-corrected chi connectivity index (χ0v) is 18.8. The third kappa shape index (κ3) is 3.12. The van der Waals surface area contributed by atoms with Crippen LogP contribution in [-0.2, 0) is 13.8 Å². The minimum Gasteiger partial charge on any atom is -0.385 e. The molecule has 2 radical (unpaired) electrons. The Labute approximate surface area is 191 Å². The van der Waals surface area contributed by atoms with E-state index in [-0.39, 0.29) is 17.9 Å².